The smallest absolute Gasteiger partial charge is 0.329 e. The van der Waals surface area contributed by atoms with Crippen LogP contribution in [0.5, 0.6) is 5.75 Å². The van der Waals surface area contributed by atoms with Gasteiger partial charge in [-0.15, -0.1) is 0 Å². The molecule has 6 heteroatoms. The number of benzene rings is 1. The quantitative estimate of drug-likeness (QED) is 0.901. The molecule has 3 rings (SSSR count). The van der Waals surface area contributed by atoms with Gasteiger partial charge in [0, 0.05) is 11.8 Å². The maximum Gasteiger partial charge on any atom is 0.329 e. The Hall–Kier alpha value is -1.69. The molecule has 0 saturated carbocycles. The minimum absolute atomic E-state index is 0.00718. The summed E-state index contributed by atoms with van der Waals surface area (Å²) in [7, 11) is 1.55. The van der Waals surface area contributed by atoms with E-state index in [0.717, 1.165) is 17.9 Å². The SMILES string of the molecule is COc1ccc2c(=O)n(C3CCSC3)c(=O)[nH]c2c1. The predicted molar refractivity (Wildman–Crippen MR) is 76.4 cm³/mol. The molecule has 1 saturated heterocycles. The van der Waals surface area contributed by atoms with E-state index in [-0.39, 0.29) is 17.3 Å². The van der Waals surface area contributed by atoms with Gasteiger partial charge in [0.15, 0.2) is 0 Å². The first-order valence-corrected chi connectivity index (χ1v) is 7.26. The van der Waals surface area contributed by atoms with Gasteiger partial charge < -0.3 is 9.72 Å². The van der Waals surface area contributed by atoms with E-state index < -0.39 is 0 Å². The summed E-state index contributed by atoms with van der Waals surface area (Å²) in [4.78, 5) is 27.3. The van der Waals surface area contributed by atoms with E-state index in [1.165, 1.54) is 4.57 Å². The fourth-order valence-electron chi connectivity index (χ4n) is 2.40. The van der Waals surface area contributed by atoms with Crippen LogP contribution in [0, 0.1) is 0 Å². The second-order valence-electron chi connectivity index (χ2n) is 4.53. The summed E-state index contributed by atoms with van der Waals surface area (Å²) in [5, 5.41) is 0.525. The van der Waals surface area contributed by atoms with Gasteiger partial charge in [-0.05, 0) is 24.3 Å². The molecule has 100 valence electrons. The van der Waals surface area contributed by atoms with E-state index in [1.54, 1.807) is 37.1 Å². The van der Waals surface area contributed by atoms with Crippen LogP contribution in [0.3, 0.4) is 0 Å². The average molecular weight is 278 g/mol. The van der Waals surface area contributed by atoms with Gasteiger partial charge in [-0.3, -0.25) is 9.36 Å². The minimum atomic E-state index is -0.335. The molecule has 1 aromatic carbocycles. The van der Waals surface area contributed by atoms with E-state index in [0.29, 0.717) is 16.7 Å². The van der Waals surface area contributed by atoms with Crippen LogP contribution in [0.1, 0.15) is 12.5 Å². The number of aromatic amines is 1. The Kier molecular flexibility index (Phi) is 3.10. The van der Waals surface area contributed by atoms with E-state index in [4.69, 9.17) is 4.74 Å². The predicted octanol–water partition coefficient (Wildman–Crippen LogP) is 1.38. The fraction of sp³-hybridized carbons (Fsp3) is 0.385. The first kappa shape index (κ1) is 12.3. The maximum atomic E-state index is 12.4. The zero-order chi connectivity index (χ0) is 13.4. The van der Waals surface area contributed by atoms with Crippen LogP contribution >= 0.6 is 11.8 Å². The third-order valence-electron chi connectivity index (χ3n) is 3.41. The van der Waals surface area contributed by atoms with Crippen molar-refractivity contribution in [2.75, 3.05) is 18.6 Å². The van der Waals surface area contributed by atoms with Crippen LogP contribution in [-0.2, 0) is 0 Å². The van der Waals surface area contributed by atoms with Gasteiger partial charge in [-0.2, -0.15) is 11.8 Å². The number of aromatic nitrogens is 2. The van der Waals surface area contributed by atoms with Gasteiger partial charge in [0.25, 0.3) is 5.56 Å². The number of nitrogens with zero attached hydrogens (tertiary/aromatic N) is 1. The summed E-state index contributed by atoms with van der Waals surface area (Å²) in [5.41, 5.74) is -0.0246. The van der Waals surface area contributed by atoms with E-state index in [1.807, 2.05) is 0 Å². The number of fused-ring (bicyclic) bond motifs is 1. The van der Waals surface area contributed by atoms with Gasteiger partial charge in [-0.25, -0.2) is 4.79 Å². The number of rotatable bonds is 2. The molecule has 0 spiro atoms. The van der Waals surface area contributed by atoms with Crippen molar-refractivity contribution in [3.8, 4) is 5.75 Å². The summed E-state index contributed by atoms with van der Waals surface area (Å²) >= 11 is 1.77. The van der Waals surface area contributed by atoms with Crippen molar-refractivity contribution in [1.82, 2.24) is 9.55 Å². The highest BCUT2D eigenvalue weighted by Gasteiger charge is 2.21. The molecule has 1 unspecified atom stereocenters. The second-order valence-corrected chi connectivity index (χ2v) is 5.68. The number of H-pyrrole nitrogens is 1. The molecule has 2 aromatic rings. The summed E-state index contributed by atoms with van der Waals surface area (Å²) < 4.78 is 6.45. The Labute approximate surface area is 113 Å². The molecule has 0 amide bonds. The monoisotopic (exact) mass is 278 g/mol. The topological polar surface area (TPSA) is 64.1 Å². The highest BCUT2D eigenvalue weighted by Crippen LogP contribution is 2.26. The average Bonchev–Trinajstić information content (AvgIpc) is 2.91. The number of methoxy groups -OCH3 is 1. The molecule has 5 nitrogen and oxygen atoms in total. The lowest BCUT2D eigenvalue weighted by Crippen LogP contribution is -2.38. The summed E-state index contributed by atoms with van der Waals surface area (Å²) in [6, 6.07) is 5.11. The van der Waals surface area contributed by atoms with Crippen molar-refractivity contribution < 1.29 is 4.74 Å². The number of nitrogens with one attached hydrogen (secondary N) is 1. The standard InChI is InChI=1S/C13H14N2O3S/c1-18-9-2-3-10-11(6-9)14-13(17)15(12(10)16)8-4-5-19-7-8/h2-3,6,8H,4-5,7H2,1H3,(H,14,17). The number of hydrogen-bond donors (Lipinski definition) is 1. The van der Waals surface area contributed by atoms with Gasteiger partial charge in [-0.1, -0.05) is 0 Å². The lowest BCUT2D eigenvalue weighted by molar-refractivity contribution is 0.415. The van der Waals surface area contributed by atoms with Crippen molar-refractivity contribution in [2.24, 2.45) is 0 Å². The highest BCUT2D eigenvalue weighted by molar-refractivity contribution is 7.99. The van der Waals surface area contributed by atoms with Crippen LogP contribution in [0.4, 0.5) is 0 Å². The molecule has 1 fully saturated rings. The molecule has 19 heavy (non-hydrogen) atoms. The van der Waals surface area contributed by atoms with Crippen molar-refractivity contribution in [3.05, 3.63) is 39.0 Å². The third-order valence-corrected chi connectivity index (χ3v) is 4.55. The maximum absolute atomic E-state index is 12.4. The zero-order valence-corrected chi connectivity index (χ0v) is 11.3. The molecule has 0 bridgehead atoms. The summed E-state index contributed by atoms with van der Waals surface area (Å²) in [6.07, 6.45) is 0.870. The van der Waals surface area contributed by atoms with Gasteiger partial charge in [0.05, 0.1) is 24.1 Å². The molecule has 1 atom stereocenters. The van der Waals surface area contributed by atoms with Crippen molar-refractivity contribution in [1.29, 1.82) is 0 Å². The molecular weight excluding hydrogens is 264 g/mol. The molecular formula is C13H14N2O3S. The van der Waals surface area contributed by atoms with E-state index in [2.05, 4.69) is 4.98 Å². The van der Waals surface area contributed by atoms with Gasteiger partial charge >= 0.3 is 5.69 Å². The molecule has 1 aliphatic rings. The van der Waals surface area contributed by atoms with Crippen molar-refractivity contribution in [3.63, 3.8) is 0 Å². The normalized spacial score (nSPS) is 18.9. The molecule has 2 heterocycles. The first-order valence-electron chi connectivity index (χ1n) is 6.11. The first-order chi connectivity index (χ1) is 9.20. The second kappa shape index (κ2) is 4.77. The number of ether oxygens (including phenoxy) is 1. The Morgan fingerprint density at radius 1 is 1.42 bits per heavy atom. The summed E-state index contributed by atoms with van der Waals surface area (Å²) in [6.45, 7) is 0. The Morgan fingerprint density at radius 2 is 2.26 bits per heavy atom. The Bertz CT molecular complexity index is 729. The molecule has 1 N–H and O–H groups in total. The van der Waals surface area contributed by atoms with Gasteiger partial charge in [0.1, 0.15) is 5.75 Å². The Balaban J connectivity index is 2.25. The lowest BCUT2D eigenvalue weighted by Gasteiger charge is -2.12. The molecule has 0 radical (unpaired) electrons. The highest BCUT2D eigenvalue weighted by atomic mass is 32.2. The largest absolute Gasteiger partial charge is 0.497 e. The van der Waals surface area contributed by atoms with Crippen molar-refractivity contribution >= 4 is 22.7 Å². The minimum Gasteiger partial charge on any atom is -0.497 e. The molecule has 1 aromatic heterocycles. The van der Waals surface area contributed by atoms with Crippen LogP contribution in [0.15, 0.2) is 27.8 Å². The van der Waals surface area contributed by atoms with Crippen LogP contribution < -0.4 is 16.0 Å². The summed E-state index contributed by atoms with van der Waals surface area (Å²) in [5.74, 6) is 2.44. The fourth-order valence-corrected chi connectivity index (χ4v) is 3.59. The van der Waals surface area contributed by atoms with Crippen LogP contribution in [0.25, 0.3) is 10.9 Å². The number of thioether (sulfide) groups is 1. The van der Waals surface area contributed by atoms with E-state index in [9.17, 15) is 9.59 Å². The molecule has 1 aliphatic heterocycles. The number of hydrogen-bond acceptors (Lipinski definition) is 4. The van der Waals surface area contributed by atoms with E-state index >= 15 is 0 Å². The van der Waals surface area contributed by atoms with Crippen molar-refractivity contribution in [2.45, 2.75) is 12.5 Å². The molecule has 0 aliphatic carbocycles. The zero-order valence-electron chi connectivity index (χ0n) is 10.5. The van der Waals surface area contributed by atoms with Crippen LogP contribution in [-0.4, -0.2) is 28.2 Å². The van der Waals surface area contributed by atoms with Gasteiger partial charge in [0.2, 0.25) is 0 Å². The Morgan fingerprint density at radius 3 is 2.95 bits per heavy atom. The lowest BCUT2D eigenvalue weighted by atomic mass is 10.2. The van der Waals surface area contributed by atoms with Crippen LogP contribution in [0.2, 0.25) is 0 Å². The third kappa shape index (κ3) is 2.06.